The van der Waals surface area contributed by atoms with Crippen molar-refractivity contribution in [1.29, 1.82) is 0 Å². The van der Waals surface area contributed by atoms with Crippen molar-refractivity contribution in [2.24, 2.45) is 0 Å². The largest absolute Gasteiger partial charge is 0.408 e. The lowest BCUT2D eigenvalue weighted by atomic mass is 9.81. The molecule has 0 unspecified atom stereocenters. The number of hydrogen-bond acceptors (Lipinski definition) is 2. The molecule has 1 aromatic rings. The highest BCUT2D eigenvalue weighted by Crippen LogP contribution is 2.41. The molecule has 2 N–H and O–H groups in total. The topological polar surface area (TPSA) is 41.1 Å². The zero-order chi connectivity index (χ0) is 14.6. The number of halogens is 3. The van der Waals surface area contributed by atoms with Gasteiger partial charge in [0.1, 0.15) is 5.54 Å². The lowest BCUT2D eigenvalue weighted by molar-refractivity contribution is -0.207. The van der Waals surface area contributed by atoms with E-state index >= 15 is 0 Å². The smallest absolute Gasteiger partial charge is 0.287 e. The van der Waals surface area contributed by atoms with Crippen molar-refractivity contribution in [3.63, 3.8) is 0 Å². The van der Waals surface area contributed by atoms with Crippen LogP contribution in [0.25, 0.3) is 0 Å². The Morgan fingerprint density at radius 1 is 1.05 bits per heavy atom. The molecule has 1 amide bonds. The summed E-state index contributed by atoms with van der Waals surface area (Å²) in [7, 11) is 0. The molecule has 2 rings (SSSR count). The standard InChI is InChI=1S/C14H17F3N2O/c15-14(16,17)13(9-5-2-6-10-13)19-18-12(20)11-7-3-1-4-8-11/h1,3-4,7-8,19H,2,5-6,9-10H2,(H,18,20). The minimum Gasteiger partial charge on any atom is -0.287 e. The summed E-state index contributed by atoms with van der Waals surface area (Å²) in [5, 5.41) is 0. The van der Waals surface area contributed by atoms with Crippen molar-refractivity contribution in [1.82, 2.24) is 10.9 Å². The molecule has 0 spiro atoms. The molecule has 110 valence electrons. The molecule has 0 aliphatic heterocycles. The van der Waals surface area contributed by atoms with Crippen LogP contribution in [-0.2, 0) is 0 Å². The third-order valence-electron chi connectivity index (χ3n) is 3.70. The van der Waals surface area contributed by atoms with E-state index in [-0.39, 0.29) is 12.8 Å². The fraction of sp³-hybridized carbons (Fsp3) is 0.500. The molecule has 0 atom stereocenters. The van der Waals surface area contributed by atoms with Gasteiger partial charge in [-0.25, -0.2) is 5.43 Å². The SMILES string of the molecule is O=C(NNC1(C(F)(F)F)CCCCC1)c1ccccc1. The number of rotatable bonds is 3. The van der Waals surface area contributed by atoms with Gasteiger partial charge >= 0.3 is 6.18 Å². The van der Waals surface area contributed by atoms with E-state index in [1.54, 1.807) is 30.3 Å². The molecular weight excluding hydrogens is 269 g/mol. The Labute approximate surface area is 115 Å². The number of amides is 1. The zero-order valence-corrected chi connectivity index (χ0v) is 11.0. The van der Waals surface area contributed by atoms with Crippen LogP contribution in [0.2, 0.25) is 0 Å². The lowest BCUT2D eigenvalue weighted by Gasteiger charge is -2.39. The molecule has 1 fully saturated rings. The molecule has 1 saturated carbocycles. The van der Waals surface area contributed by atoms with E-state index < -0.39 is 17.6 Å². The van der Waals surface area contributed by atoms with E-state index in [9.17, 15) is 18.0 Å². The molecular formula is C14H17F3N2O. The molecule has 1 aromatic carbocycles. The Kier molecular flexibility index (Phi) is 4.32. The first-order chi connectivity index (χ1) is 9.45. The van der Waals surface area contributed by atoms with Crippen LogP contribution in [0.5, 0.6) is 0 Å². The zero-order valence-electron chi connectivity index (χ0n) is 11.0. The van der Waals surface area contributed by atoms with Gasteiger partial charge in [0, 0.05) is 5.56 Å². The summed E-state index contributed by atoms with van der Waals surface area (Å²) in [4.78, 5) is 11.8. The van der Waals surface area contributed by atoms with Crippen LogP contribution in [-0.4, -0.2) is 17.6 Å². The minimum absolute atomic E-state index is 0.00836. The van der Waals surface area contributed by atoms with Crippen LogP contribution >= 0.6 is 0 Å². The normalized spacial score (nSPS) is 18.6. The molecule has 20 heavy (non-hydrogen) atoms. The van der Waals surface area contributed by atoms with Crippen LogP contribution in [0.4, 0.5) is 13.2 Å². The van der Waals surface area contributed by atoms with E-state index in [1.807, 2.05) is 0 Å². The average Bonchev–Trinajstić information content (AvgIpc) is 2.45. The third-order valence-corrected chi connectivity index (χ3v) is 3.70. The van der Waals surface area contributed by atoms with Crippen molar-refractivity contribution in [2.75, 3.05) is 0 Å². The van der Waals surface area contributed by atoms with Gasteiger partial charge in [-0.3, -0.25) is 10.2 Å². The summed E-state index contributed by atoms with van der Waals surface area (Å²) in [6.45, 7) is 0. The first kappa shape index (κ1) is 14.8. The molecule has 0 radical (unpaired) electrons. The van der Waals surface area contributed by atoms with Crippen molar-refractivity contribution in [3.05, 3.63) is 35.9 Å². The van der Waals surface area contributed by atoms with Gasteiger partial charge in [-0.2, -0.15) is 13.2 Å². The average molecular weight is 286 g/mol. The maximum Gasteiger partial charge on any atom is 0.408 e. The summed E-state index contributed by atoms with van der Waals surface area (Å²) in [6, 6.07) is 8.17. The number of hydrazine groups is 1. The first-order valence-electron chi connectivity index (χ1n) is 6.64. The Balaban J connectivity index is 2.04. The van der Waals surface area contributed by atoms with Gasteiger partial charge in [0.2, 0.25) is 0 Å². The maximum absolute atomic E-state index is 13.2. The highest BCUT2D eigenvalue weighted by Gasteiger charge is 2.55. The van der Waals surface area contributed by atoms with Crippen LogP contribution < -0.4 is 10.9 Å². The number of benzene rings is 1. The van der Waals surface area contributed by atoms with Crippen molar-refractivity contribution < 1.29 is 18.0 Å². The highest BCUT2D eigenvalue weighted by atomic mass is 19.4. The summed E-state index contributed by atoms with van der Waals surface area (Å²) >= 11 is 0. The monoisotopic (exact) mass is 286 g/mol. The Morgan fingerprint density at radius 2 is 1.65 bits per heavy atom. The number of nitrogens with one attached hydrogen (secondary N) is 2. The molecule has 6 heteroatoms. The van der Waals surface area contributed by atoms with E-state index in [0.717, 1.165) is 6.42 Å². The van der Waals surface area contributed by atoms with E-state index in [0.29, 0.717) is 18.4 Å². The van der Waals surface area contributed by atoms with E-state index in [1.165, 1.54) is 0 Å². The summed E-state index contributed by atoms with van der Waals surface area (Å²) in [6.07, 6.45) is -2.58. The van der Waals surface area contributed by atoms with E-state index in [4.69, 9.17) is 0 Å². The fourth-order valence-electron chi connectivity index (χ4n) is 2.47. The van der Waals surface area contributed by atoms with Crippen LogP contribution in [0.3, 0.4) is 0 Å². The quantitative estimate of drug-likeness (QED) is 0.838. The van der Waals surface area contributed by atoms with Gasteiger partial charge < -0.3 is 0 Å². The number of alkyl halides is 3. The lowest BCUT2D eigenvalue weighted by Crippen LogP contribution is -2.63. The number of carbonyl (C=O) groups is 1. The molecule has 0 saturated heterocycles. The van der Waals surface area contributed by atoms with Gasteiger partial charge in [0.25, 0.3) is 5.91 Å². The Bertz CT molecular complexity index is 453. The second-order valence-corrected chi connectivity index (χ2v) is 5.09. The van der Waals surface area contributed by atoms with Crippen molar-refractivity contribution >= 4 is 5.91 Å². The third kappa shape index (κ3) is 3.12. The Hall–Kier alpha value is -1.56. The van der Waals surface area contributed by atoms with Crippen LogP contribution in [0, 0.1) is 0 Å². The predicted molar refractivity (Wildman–Crippen MR) is 68.9 cm³/mol. The van der Waals surface area contributed by atoms with Crippen molar-refractivity contribution in [3.8, 4) is 0 Å². The number of hydrogen-bond donors (Lipinski definition) is 2. The number of carbonyl (C=O) groups excluding carboxylic acids is 1. The molecule has 1 aliphatic rings. The van der Waals surface area contributed by atoms with Gasteiger partial charge in [0.15, 0.2) is 0 Å². The van der Waals surface area contributed by atoms with Gasteiger partial charge in [-0.1, -0.05) is 37.5 Å². The predicted octanol–water partition coefficient (Wildman–Crippen LogP) is 3.19. The second-order valence-electron chi connectivity index (χ2n) is 5.09. The fourth-order valence-corrected chi connectivity index (χ4v) is 2.47. The minimum atomic E-state index is -4.38. The molecule has 3 nitrogen and oxygen atoms in total. The second kappa shape index (κ2) is 5.83. The van der Waals surface area contributed by atoms with Gasteiger partial charge in [0.05, 0.1) is 0 Å². The Morgan fingerprint density at radius 3 is 2.20 bits per heavy atom. The molecule has 0 bridgehead atoms. The van der Waals surface area contributed by atoms with Gasteiger partial charge in [-0.15, -0.1) is 0 Å². The van der Waals surface area contributed by atoms with Crippen molar-refractivity contribution in [2.45, 2.75) is 43.8 Å². The first-order valence-corrected chi connectivity index (χ1v) is 6.64. The van der Waals surface area contributed by atoms with Crippen LogP contribution in [0.1, 0.15) is 42.5 Å². The molecule has 1 aliphatic carbocycles. The maximum atomic E-state index is 13.2. The molecule has 0 aromatic heterocycles. The summed E-state index contributed by atoms with van der Waals surface area (Å²) in [5.74, 6) is -0.556. The molecule has 0 heterocycles. The van der Waals surface area contributed by atoms with E-state index in [2.05, 4.69) is 10.9 Å². The van der Waals surface area contributed by atoms with Crippen LogP contribution in [0.15, 0.2) is 30.3 Å². The summed E-state index contributed by atoms with van der Waals surface area (Å²) in [5.41, 5.74) is 2.78. The van der Waals surface area contributed by atoms with Gasteiger partial charge in [-0.05, 0) is 25.0 Å². The highest BCUT2D eigenvalue weighted by molar-refractivity contribution is 5.93. The summed E-state index contributed by atoms with van der Waals surface area (Å²) < 4.78 is 39.7.